The van der Waals surface area contributed by atoms with Gasteiger partial charge in [0.05, 0.1) is 17.8 Å². The average Bonchev–Trinajstić information content (AvgIpc) is 3.53. The fourth-order valence-corrected chi connectivity index (χ4v) is 4.06. The number of carbonyl (C=O) groups is 2. The van der Waals surface area contributed by atoms with E-state index in [1.54, 1.807) is 22.9 Å². The van der Waals surface area contributed by atoms with Crippen LogP contribution in [0, 0.1) is 0 Å². The summed E-state index contributed by atoms with van der Waals surface area (Å²) in [6.45, 7) is 3.73. The van der Waals surface area contributed by atoms with Crippen molar-refractivity contribution < 1.29 is 14.3 Å². The SMILES string of the molecule is C[B]n1ccc(C(=O)NCC(=O)Nc2nc(-c3cccc(C(C)Oc4ccccc4)c3)cs2)c1. The van der Waals surface area contributed by atoms with Gasteiger partial charge in [0, 0.05) is 17.1 Å². The van der Waals surface area contributed by atoms with E-state index >= 15 is 0 Å². The standard InChI is InChI=1S/C25H24BN4O3S/c1-17(33-21-9-4-3-5-10-21)18-7-6-8-19(13-18)22-16-34-25(28-22)29-23(31)14-27-24(32)20-11-12-30(15-20)26-2/h3-13,15-17H,14H2,1-2H3,(H,27,32)(H,28,29,31). The number of amides is 2. The minimum atomic E-state index is -0.339. The molecule has 2 N–H and O–H groups in total. The van der Waals surface area contributed by atoms with Crippen LogP contribution in [0.25, 0.3) is 11.3 Å². The molecule has 0 saturated heterocycles. The van der Waals surface area contributed by atoms with Gasteiger partial charge in [-0.15, -0.1) is 11.3 Å². The van der Waals surface area contributed by atoms with E-state index in [9.17, 15) is 9.59 Å². The monoisotopic (exact) mass is 471 g/mol. The van der Waals surface area contributed by atoms with Crippen molar-refractivity contribution in [3.05, 3.63) is 89.6 Å². The zero-order chi connectivity index (χ0) is 23.9. The van der Waals surface area contributed by atoms with Crippen LogP contribution < -0.4 is 15.4 Å². The van der Waals surface area contributed by atoms with Crippen molar-refractivity contribution in [3.63, 3.8) is 0 Å². The Bertz CT molecular complexity index is 1270. The van der Waals surface area contributed by atoms with E-state index in [2.05, 4.69) is 15.6 Å². The van der Waals surface area contributed by atoms with Crippen LogP contribution in [0.15, 0.2) is 78.4 Å². The summed E-state index contributed by atoms with van der Waals surface area (Å²) in [5.41, 5.74) is 3.21. The third-order valence-electron chi connectivity index (χ3n) is 5.14. The molecule has 0 fully saturated rings. The normalized spacial score (nSPS) is 11.5. The smallest absolute Gasteiger partial charge is 0.253 e. The molecule has 34 heavy (non-hydrogen) atoms. The van der Waals surface area contributed by atoms with E-state index in [4.69, 9.17) is 4.74 Å². The molecule has 0 saturated carbocycles. The minimum absolute atomic E-state index is 0.129. The predicted molar refractivity (Wildman–Crippen MR) is 135 cm³/mol. The van der Waals surface area contributed by atoms with E-state index in [1.807, 2.05) is 81.1 Å². The zero-order valence-corrected chi connectivity index (χ0v) is 19.7. The molecule has 0 spiro atoms. The van der Waals surface area contributed by atoms with Crippen molar-refractivity contribution >= 4 is 35.7 Å². The number of anilines is 1. The first kappa shape index (κ1) is 23.3. The van der Waals surface area contributed by atoms with Gasteiger partial charge in [0.2, 0.25) is 13.3 Å². The summed E-state index contributed by atoms with van der Waals surface area (Å²) in [7, 11) is 1.83. The Kier molecular flexibility index (Phi) is 7.44. The molecule has 1 radical (unpaired) electrons. The molecule has 0 aliphatic carbocycles. The Morgan fingerprint density at radius 1 is 1.15 bits per heavy atom. The molecule has 0 aliphatic rings. The third-order valence-corrected chi connectivity index (χ3v) is 5.90. The van der Waals surface area contributed by atoms with Gasteiger partial charge in [-0.3, -0.25) is 9.59 Å². The van der Waals surface area contributed by atoms with Gasteiger partial charge in [-0.05, 0) is 42.9 Å². The average molecular weight is 471 g/mol. The molecule has 0 bridgehead atoms. The molecule has 2 heterocycles. The van der Waals surface area contributed by atoms with Crippen molar-refractivity contribution in [1.29, 1.82) is 0 Å². The lowest BCUT2D eigenvalue weighted by atomic mass is 10.0. The van der Waals surface area contributed by atoms with E-state index in [0.717, 1.165) is 22.6 Å². The maximum atomic E-state index is 12.3. The first-order chi connectivity index (χ1) is 16.5. The molecule has 1 unspecified atom stereocenters. The molecule has 4 aromatic rings. The quantitative estimate of drug-likeness (QED) is 0.349. The summed E-state index contributed by atoms with van der Waals surface area (Å²) in [5, 5.41) is 7.72. The number of hydrogen-bond donors (Lipinski definition) is 2. The maximum absolute atomic E-state index is 12.3. The topological polar surface area (TPSA) is 85.3 Å². The van der Waals surface area contributed by atoms with Crippen LogP contribution >= 0.6 is 11.3 Å². The van der Waals surface area contributed by atoms with Gasteiger partial charge in [-0.2, -0.15) is 0 Å². The van der Waals surface area contributed by atoms with Gasteiger partial charge in [-0.1, -0.05) is 43.2 Å². The summed E-state index contributed by atoms with van der Waals surface area (Å²) in [6.07, 6.45) is 3.34. The van der Waals surface area contributed by atoms with Gasteiger partial charge < -0.3 is 19.8 Å². The van der Waals surface area contributed by atoms with Crippen molar-refractivity contribution in [2.24, 2.45) is 0 Å². The number of hydrogen-bond acceptors (Lipinski definition) is 5. The Balaban J connectivity index is 1.34. The number of aromatic nitrogens is 2. The lowest BCUT2D eigenvalue weighted by molar-refractivity contribution is -0.115. The highest BCUT2D eigenvalue weighted by Gasteiger charge is 2.13. The Labute approximate surface area is 203 Å². The molecule has 171 valence electrons. The van der Waals surface area contributed by atoms with Crippen LogP contribution in [0.1, 0.15) is 28.9 Å². The lowest BCUT2D eigenvalue weighted by Gasteiger charge is -2.15. The van der Waals surface area contributed by atoms with Gasteiger partial charge in [0.25, 0.3) is 5.91 Å². The van der Waals surface area contributed by atoms with Gasteiger partial charge >= 0.3 is 0 Å². The van der Waals surface area contributed by atoms with Crippen molar-refractivity contribution in [1.82, 2.24) is 14.8 Å². The minimum Gasteiger partial charge on any atom is -0.486 e. The van der Waals surface area contributed by atoms with E-state index < -0.39 is 0 Å². The molecular weight excluding hydrogens is 447 g/mol. The number of nitrogens with one attached hydrogen (secondary N) is 2. The summed E-state index contributed by atoms with van der Waals surface area (Å²) in [6, 6.07) is 19.4. The molecular formula is C25H24BN4O3S. The largest absolute Gasteiger partial charge is 0.486 e. The molecule has 1 atom stereocenters. The third kappa shape index (κ3) is 5.93. The highest BCUT2D eigenvalue weighted by atomic mass is 32.1. The highest BCUT2D eigenvalue weighted by Crippen LogP contribution is 2.28. The van der Waals surface area contributed by atoms with Crippen LogP contribution in [0.4, 0.5) is 5.13 Å². The van der Waals surface area contributed by atoms with E-state index in [1.165, 1.54) is 11.3 Å². The van der Waals surface area contributed by atoms with Gasteiger partial charge in [-0.25, -0.2) is 4.98 Å². The Morgan fingerprint density at radius 3 is 2.74 bits per heavy atom. The van der Waals surface area contributed by atoms with Crippen LogP contribution in [-0.2, 0) is 4.79 Å². The molecule has 0 aliphatic heterocycles. The Hall–Kier alpha value is -3.85. The molecule has 2 amide bonds. The highest BCUT2D eigenvalue weighted by molar-refractivity contribution is 7.14. The second-order valence-electron chi connectivity index (χ2n) is 7.57. The number of benzene rings is 2. The molecule has 2 aromatic heterocycles. The Morgan fingerprint density at radius 2 is 1.97 bits per heavy atom. The van der Waals surface area contributed by atoms with Crippen LogP contribution in [0.3, 0.4) is 0 Å². The second-order valence-corrected chi connectivity index (χ2v) is 8.43. The number of carbonyl (C=O) groups excluding carboxylic acids is 2. The van der Waals surface area contributed by atoms with E-state index in [-0.39, 0.29) is 24.5 Å². The number of ether oxygens (including phenoxy) is 1. The maximum Gasteiger partial charge on any atom is 0.253 e. The van der Waals surface area contributed by atoms with E-state index in [0.29, 0.717) is 10.7 Å². The number of para-hydroxylation sites is 1. The van der Waals surface area contributed by atoms with Crippen LogP contribution in [0.2, 0.25) is 6.82 Å². The first-order valence-corrected chi connectivity index (χ1v) is 11.7. The van der Waals surface area contributed by atoms with Crippen molar-refractivity contribution in [3.8, 4) is 17.0 Å². The lowest BCUT2D eigenvalue weighted by Crippen LogP contribution is -2.32. The fourth-order valence-electron chi connectivity index (χ4n) is 3.32. The van der Waals surface area contributed by atoms with Crippen LogP contribution in [-0.4, -0.2) is 35.2 Å². The fraction of sp³-hybridized carbons (Fsp3) is 0.160. The molecule has 2 aromatic carbocycles. The number of rotatable bonds is 9. The van der Waals surface area contributed by atoms with Crippen molar-refractivity contribution in [2.75, 3.05) is 11.9 Å². The number of nitrogens with zero attached hydrogens (tertiary/aromatic N) is 2. The zero-order valence-electron chi connectivity index (χ0n) is 18.9. The predicted octanol–water partition coefficient (Wildman–Crippen LogP) is 4.64. The summed E-state index contributed by atoms with van der Waals surface area (Å²) in [4.78, 5) is 29.0. The first-order valence-electron chi connectivity index (χ1n) is 10.8. The summed E-state index contributed by atoms with van der Waals surface area (Å²) < 4.78 is 7.80. The van der Waals surface area contributed by atoms with Crippen LogP contribution in [0.5, 0.6) is 5.75 Å². The van der Waals surface area contributed by atoms with Gasteiger partial charge in [0.15, 0.2) is 5.13 Å². The summed E-state index contributed by atoms with van der Waals surface area (Å²) in [5.74, 6) is 0.168. The van der Waals surface area contributed by atoms with Crippen molar-refractivity contribution in [2.45, 2.75) is 19.9 Å². The molecule has 7 nitrogen and oxygen atoms in total. The molecule has 4 rings (SSSR count). The van der Waals surface area contributed by atoms with Gasteiger partial charge in [0.1, 0.15) is 11.9 Å². The molecule has 9 heteroatoms. The summed E-state index contributed by atoms with van der Waals surface area (Å²) >= 11 is 1.33. The number of thiazole rings is 1. The second kappa shape index (κ2) is 10.8.